The Morgan fingerprint density at radius 3 is 2.63 bits per heavy atom. The summed E-state index contributed by atoms with van der Waals surface area (Å²) in [7, 11) is 0. The fourth-order valence-electron chi connectivity index (χ4n) is 3.23. The number of hydrogen-bond donors (Lipinski definition) is 1. The third kappa shape index (κ3) is 6.27. The maximum absolute atomic E-state index is 13.6. The van der Waals surface area contributed by atoms with E-state index in [2.05, 4.69) is 4.90 Å². The third-order valence-corrected chi connectivity index (χ3v) is 4.54. The molecule has 2 unspecified atom stereocenters. The van der Waals surface area contributed by atoms with Crippen LogP contribution in [0.2, 0.25) is 0 Å². The van der Waals surface area contributed by atoms with Gasteiger partial charge in [0, 0.05) is 26.2 Å². The molecule has 0 spiro atoms. The molecule has 1 saturated heterocycles. The van der Waals surface area contributed by atoms with Gasteiger partial charge in [0.25, 0.3) is 0 Å². The van der Waals surface area contributed by atoms with Crippen LogP contribution in [0, 0.1) is 11.6 Å². The molecule has 2 atom stereocenters. The van der Waals surface area contributed by atoms with Crippen molar-refractivity contribution in [3.63, 3.8) is 0 Å². The van der Waals surface area contributed by atoms with Gasteiger partial charge in [0.1, 0.15) is 18.5 Å². The lowest BCUT2D eigenvalue weighted by Gasteiger charge is -2.27. The van der Waals surface area contributed by atoms with Crippen molar-refractivity contribution in [2.75, 3.05) is 26.3 Å². The Balaban J connectivity index is 1.57. The highest BCUT2D eigenvalue weighted by atomic mass is 19.1. The average molecular weight is 377 g/mol. The first-order valence-corrected chi connectivity index (χ1v) is 9.24. The summed E-state index contributed by atoms with van der Waals surface area (Å²) in [6, 6.07) is 12.5. The van der Waals surface area contributed by atoms with Crippen molar-refractivity contribution >= 4 is 0 Å². The van der Waals surface area contributed by atoms with Gasteiger partial charge in [0.05, 0.1) is 6.10 Å². The number of para-hydroxylation sites is 1. The average Bonchev–Trinajstić information content (AvgIpc) is 3.16. The smallest absolute Gasteiger partial charge is 0.165 e. The number of aliphatic hydroxyl groups excluding tert-OH is 1. The maximum Gasteiger partial charge on any atom is 0.165 e. The molecule has 1 aliphatic rings. The largest absolute Gasteiger partial charge is 0.488 e. The first kappa shape index (κ1) is 19.7. The van der Waals surface area contributed by atoms with E-state index in [0.717, 1.165) is 25.0 Å². The second-order valence-corrected chi connectivity index (χ2v) is 6.85. The molecule has 146 valence electrons. The van der Waals surface area contributed by atoms with E-state index in [9.17, 15) is 13.9 Å². The van der Waals surface area contributed by atoms with E-state index in [1.165, 1.54) is 24.3 Å². The summed E-state index contributed by atoms with van der Waals surface area (Å²) in [6.45, 7) is 2.34. The van der Waals surface area contributed by atoms with Crippen molar-refractivity contribution in [2.45, 2.75) is 31.6 Å². The molecule has 1 aliphatic heterocycles. The van der Waals surface area contributed by atoms with Gasteiger partial charge in [0.2, 0.25) is 0 Å². The number of benzene rings is 2. The van der Waals surface area contributed by atoms with Gasteiger partial charge >= 0.3 is 0 Å². The lowest BCUT2D eigenvalue weighted by atomic mass is 10.1. The van der Waals surface area contributed by atoms with Crippen LogP contribution in [0.3, 0.4) is 0 Å². The van der Waals surface area contributed by atoms with E-state index >= 15 is 0 Å². The van der Waals surface area contributed by atoms with Crippen molar-refractivity contribution in [1.29, 1.82) is 0 Å². The molecule has 2 aromatic rings. The van der Waals surface area contributed by atoms with Crippen LogP contribution < -0.4 is 4.74 Å². The van der Waals surface area contributed by atoms with E-state index in [1.54, 1.807) is 24.3 Å². The molecule has 0 saturated carbocycles. The quantitative estimate of drug-likeness (QED) is 0.727. The molecule has 1 fully saturated rings. The summed E-state index contributed by atoms with van der Waals surface area (Å²) in [6.07, 6.45) is 1.37. The number of halogens is 2. The molecule has 0 aromatic heterocycles. The first-order valence-electron chi connectivity index (χ1n) is 9.24. The minimum absolute atomic E-state index is 0.00756. The van der Waals surface area contributed by atoms with Crippen LogP contribution in [-0.4, -0.2) is 48.5 Å². The maximum atomic E-state index is 13.6. The molecule has 2 aromatic carbocycles. The number of aliphatic hydroxyl groups is 1. The minimum Gasteiger partial charge on any atom is -0.488 e. The van der Waals surface area contributed by atoms with Crippen LogP contribution in [-0.2, 0) is 11.3 Å². The van der Waals surface area contributed by atoms with Gasteiger partial charge in [-0.15, -0.1) is 0 Å². The predicted octanol–water partition coefficient (Wildman–Crippen LogP) is 3.39. The molecule has 3 rings (SSSR count). The second-order valence-electron chi connectivity index (χ2n) is 6.85. The number of nitrogens with zero attached hydrogens (tertiary/aromatic N) is 1. The molecule has 1 heterocycles. The minimum atomic E-state index is -0.786. The molecule has 0 bridgehead atoms. The highest BCUT2D eigenvalue weighted by Crippen LogP contribution is 2.17. The van der Waals surface area contributed by atoms with Crippen molar-refractivity contribution in [1.82, 2.24) is 4.90 Å². The third-order valence-electron chi connectivity index (χ3n) is 4.54. The fraction of sp³-hybridized carbons (Fsp3) is 0.429. The Bertz CT molecular complexity index is 705. The zero-order valence-electron chi connectivity index (χ0n) is 15.2. The Morgan fingerprint density at radius 2 is 1.93 bits per heavy atom. The van der Waals surface area contributed by atoms with E-state index in [0.29, 0.717) is 19.6 Å². The molecule has 0 radical (unpaired) electrons. The van der Waals surface area contributed by atoms with Gasteiger partial charge in [-0.1, -0.05) is 24.3 Å². The highest BCUT2D eigenvalue weighted by molar-refractivity contribution is 5.23. The summed E-state index contributed by atoms with van der Waals surface area (Å²) < 4.78 is 37.9. The predicted molar refractivity (Wildman–Crippen MR) is 98.6 cm³/mol. The molecule has 0 aliphatic carbocycles. The van der Waals surface area contributed by atoms with Crippen LogP contribution >= 0.6 is 0 Å². The second kappa shape index (κ2) is 9.78. The molecule has 1 N–H and O–H groups in total. The van der Waals surface area contributed by atoms with Gasteiger partial charge in [-0.2, -0.15) is 0 Å². The van der Waals surface area contributed by atoms with Crippen molar-refractivity contribution in [2.24, 2.45) is 0 Å². The lowest BCUT2D eigenvalue weighted by Crippen LogP contribution is -2.39. The van der Waals surface area contributed by atoms with Crippen LogP contribution in [0.1, 0.15) is 18.4 Å². The zero-order chi connectivity index (χ0) is 19.1. The Kier molecular flexibility index (Phi) is 7.15. The Labute approximate surface area is 158 Å². The zero-order valence-corrected chi connectivity index (χ0v) is 15.2. The van der Waals surface area contributed by atoms with Gasteiger partial charge in [0.15, 0.2) is 11.6 Å². The number of hydrogen-bond acceptors (Lipinski definition) is 4. The summed E-state index contributed by atoms with van der Waals surface area (Å²) in [5.74, 6) is -0.601. The Hall–Kier alpha value is -2.02. The normalized spacial score (nSPS) is 18.0. The lowest BCUT2D eigenvalue weighted by molar-refractivity contribution is 0.0308. The van der Waals surface area contributed by atoms with E-state index in [4.69, 9.17) is 9.47 Å². The van der Waals surface area contributed by atoms with Crippen LogP contribution in [0.5, 0.6) is 5.75 Å². The monoisotopic (exact) mass is 377 g/mol. The molecule has 27 heavy (non-hydrogen) atoms. The van der Waals surface area contributed by atoms with Crippen LogP contribution in [0.25, 0.3) is 0 Å². The molecule has 4 nitrogen and oxygen atoms in total. The first-order chi connectivity index (χ1) is 13.1. The summed E-state index contributed by atoms with van der Waals surface area (Å²) in [5.41, 5.74) is 0.955. The molecule has 6 heteroatoms. The molecule has 0 amide bonds. The molecular weight excluding hydrogens is 352 g/mol. The van der Waals surface area contributed by atoms with E-state index in [1.807, 2.05) is 0 Å². The van der Waals surface area contributed by atoms with Crippen LogP contribution in [0.15, 0.2) is 48.5 Å². The fourth-order valence-corrected chi connectivity index (χ4v) is 3.23. The van der Waals surface area contributed by atoms with Crippen LogP contribution in [0.4, 0.5) is 8.78 Å². The topological polar surface area (TPSA) is 41.9 Å². The number of rotatable bonds is 9. The van der Waals surface area contributed by atoms with Gasteiger partial charge < -0.3 is 14.6 Å². The van der Waals surface area contributed by atoms with E-state index < -0.39 is 11.9 Å². The number of ether oxygens (including phenoxy) is 2. The standard InChI is InChI=1S/C21H25F2NO3/c22-17-9-7-16(8-10-17)12-24(14-19-4-3-11-26-19)13-18(25)15-27-21-6-2-1-5-20(21)23/h1-2,5-10,18-19,25H,3-4,11-15H2. The summed E-state index contributed by atoms with van der Waals surface area (Å²) in [5, 5.41) is 10.4. The van der Waals surface area contributed by atoms with Crippen molar-refractivity contribution in [3.05, 3.63) is 65.7 Å². The van der Waals surface area contributed by atoms with E-state index in [-0.39, 0.29) is 24.3 Å². The molecular formula is C21H25F2NO3. The highest BCUT2D eigenvalue weighted by Gasteiger charge is 2.21. The van der Waals surface area contributed by atoms with Gasteiger partial charge in [-0.05, 0) is 42.7 Å². The van der Waals surface area contributed by atoms with Crippen molar-refractivity contribution in [3.8, 4) is 5.75 Å². The van der Waals surface area contributed by atoms with Gasteiger partial charge in [-0.3, -0.25) is 4.90 Å². The van der Waals surface area contributed by atoms with Gasteiger partial charge in [-0.25, -0.2) is 8.78 Å². The van der Waals surface area contributed by atoms with Crippen molar-refractivity contribution < 1.29 is 23.4 Å². The summed E-state index contributed by atoms with van der Waals surface area (Å²) >= 11 is 0. The SMILES string of the molecule is OC(COc1ccccc1F)CN(Cc1ccc(F)cc1)CC1CCCO1. The summed E-state index contributed by atoms with van der Waals surface area (Å²) in [4.78, 5) is 2.07. The Morgan fingerprint density at radius 1 is 1.15 bits per heavy atom.